The molecule has 0 amide bonds. The number of hydrogen-bond donors (Lipinski definition) is 1. The Kier molecular flexibility index (Phi) is 4.60. The van der Waals surface area contributed by atoms with Crippen molar-refractivity contribution in [2.45, 2.75) is 58.2 Å². The normalized spacial score (nSPS) is 31.3. The molecule has 2 heterocycles. The molecule has 1 aromatic heterocycles. The minimum Gasteiger partial charge on any atom is -0.307 e. The molecule has 3 heteroatoms. The monoisotopic (exact) mass is 287 g/mol. The van der Waals surface area contributed by atoms with Crippen LogP contribution in [0.1, 0.15) is 51.6 Å². The van der Waals surface area contributed by atoms with E-state index in [-0.39, 0.29) is 0 Å². The summed E-state index contributed by atoms with van der Waals surface area (Å²) in [4.78, 5) is 6.94. The molecule has 2 fully saturated rings. The largest absolute Gasteiger partial charge is 0.307 e. The molecule has 1 saturated heterocycles. The number of likely N-dealkylation sites (tertiary alicyclic amines) is 1. The predicted molar refractivity (Wildman–Crippen MR) is 87.1 cm³/mol. The third-order valence-corrected chi connectivity index (χ3v) is 5.46. The Morgan fingerprint density at radius 2 is 1.90 bits per heavy atom. The topological polar surface area (TPSA) is 28.2 Å². The van der Waals surface area contributed by atoms with Crippen LogP contribution >= 0.6 is 0 Å². The van der Waals surface area contributed by atoms with Gasteiger partial charge in [-0.1, -0.05) is 12.5 Å². The van der Waals surface area contributed by atoms with Crippen molar-refractivity contribution in [3.63, 3.8) is 0 Å². The molecule has 1 N–H and O–H groups in total. The van der Waals surface area contributed by atoms with Crippen LogP contribution in [-0.4, -0.2) is 35.1 Å². The van der Waals surface area contributed by atoms with Gasteiger partial charge in [0.15, 0.2) is 0 Å². The smallest absolute Gasteiger partial charge is 0.0315 e. The second-order valence-corrected chi connectivity index (χ2v) is 7.20. The van der Waals surface area contributed by atoms with Gasteiger partial charge < -0.3 is 10.2 Å². The van der Waals surface area contributed by atoms with Crippen LogP contribution < -0.4 is 5.32 Å². The minimum absolute atomic E-state index is 0.400. The summed E-state index contributed by atoms with van der Waals surface area (Å²) in [6.07, 6.45) is 8.04. The number of nitrogens with zero attached hydrogens (tertiary/aromatic N) is 2. The van der Waals surface area contributed by atoms with Crippen LogP contribution in [0.25, 0.3) is 0 Å². The first kappa shape index (κ1) is 15.0. The van der Waals surface area contributed by atoms with Gasteiger partial charge in [0, 0.05) is 43.6 Å². The van der Waals surface area contributed by atoms with Crippen molar-refractivity contribution in [2.24, 2.45) is 11.8 Å². The molecule has 3 rings (SSSR count). The van der Waals surface area contributed by atoms with E-state index in [1.165, 1.54) is 37.9 Å². The van der Waals surface area contributed by atoms with E-state index in [2.05, 4.69) is 42.0 Å². The molecular weight excluding hydrogens is 258 g/mol. The molecule has 0 aromatic carbocycles. The van der Waals surface area contributed by atoms with Crippen molar-refractivity contribution < 1.29 is 0 Å². The van der Waals surface area contributed by atoms with Crippen molar-refractivity contribution in [1.29, 1.82) is 0 Å². The highest BCUT2D eigenvalue weighted by atomic mass is 15.2. The summed E-state index contributed by atoms with van der Waals surface area (Å²) in [6.45, 7) is 9.49. The lowest BCUT2D eigenvalue weighted by molar-refractivity contribution is 0.0257. The Hall–Kier alpha value is -0.930. The van der Waals surface area contributed by atoms with Crippen LogP contribution in [-0.2, 0) is 0 Å². The molecule has 21 heavy (non-hydrogen) atoms. The molecule has 2 aliphatic rings. The Morgan fingerprint density at radius 1 is 1.19 bits per heavy atom. The zero-order valence-electron chi connectivity index (χ0n) is 13.6. The van der Waals surface area contributed by atoms with E-state index >= 15 is 0 Å². The summed E-state index contributed by atoms with van der Waals surface area (Å²) in [5.41, 5.74) is 1.31. The summed E-state index contributed by atoms with van der Waals surface area (Å²) < 4.78 is 0. The molecule has 3 unspecified atom stereocenters. The summed E-state index contributed by atoms with van der Waals surface area (Å²) in [5.74, 6) is 1.64. The fourth-order valence-electron chi connectivity index (χ4n) is 4.18. The van der Waals surface area contributed by atoms with E-state index < -0.39 is 0 Å². The van der Waals surface area contributed by atoms with Crippen molar-refractivity contribution in [1.82, 2.24) is 15.2 Å². The fourth-order valence-corrected chi connectivity index (χ4v) is 4.18. The molecular formula is C18H29N3. The molecule has 1 aliphatic heterocycles. The quantitative estimate of drug-likeness (QED) is 0.921. The molecule has 3 atom stereocenters. The first-order valence-corrected chi connectivity index (χ1v) is 8.55. The van der Waals surface area contributed by atoms with Crippen molar-refractivity contribution in [2.75, 3.05) is 13.1 Å². The molecule has 1 aromatic rings. The van der Waals surface area contributed by atoms with E-state index in [0.29, 0.717) is 18.1 Å². The molecule has 0 spiro atoms. The van der Waals surface area contributed by atoms with Crippen LogP contribution in [0, 0.1) is 11.8 Å². The fraction of sp³-hybridized carbons (Fsp3) is 0.722. The number of fused-ring (bicyclic) bond motifs is 2. The third kappa shape index (κ3) is 3.29. The summed E-state index contributed by atoms with van der Waals surface area (Å²) in [7, 11) is 0. The highest BCUT2D eigenvalue weighted by Crippen LogP contribution is 2.36. The summed E-state index contributed by atoms with van der Waals surface area (Å²) in [6, 6.07) is 5.99. The molecule has 2 bridgehead atoms. The van der Waals surface area contributed by atoms with Gasteiger partial charge in [0.05, 0.1) is 0 Å². The average Bonchev–Trinajstić information content (AvgIpc) is 2.47. The maximum absolute atomic E-state index is 4.26. The average molecular weight is 287 g/mol. The summed E-state index contributed by atoms with van der Waals surface area (Å²) in [5, 5.41) is 3.93. The van der Waals surface area contributed by atoms with Gasteiger partial charge in [0.25, 0.3) is 0 Å². The Bertz CT molecular complexity index is 431. The van der Waals surface area contributed by atoms with E-state index in [1.54, 1.807) is 0 Å². The van der Waals surface area contributed by atoms with Crippen molar-refractivity contribution in [3.8, 4) is 0 Å². The number of hydrogen-bond acceptors (Lipinski definition) is 3. The van der Waals surface area contributed by atoms with Gasteiger partial charge in [0.2, 0.25) is 0 Å². The van der Waals surface area contributed by atoms with Gasteiger partial charge in [-0.2, -0.15) is 0 Å². The SMILES string of the molecule is CC(NC1C2CCCC1CN(C(C)C)C2)c1cccnc1. The zero-order valence-corrected chi connectivity index (χ0v) is 13.6. The van der Waals surface area contributed by atoms with Crippen molar-refractivity contribution >= 4 is 0 Å². The maximum Gasteiger partial charge on any atom is 0.0315 e. The Labute approximate surface area is 129 Å². The van der Waals surface area contributed by atoms with Gasteiger partial charge in [-0.25, -0.2) is 0 Å². The Balaban J connectivity index is 1.68. The lowest BCUT2D eigenvalue weighted by atomic mass is 9.73. The minimum atomic E-state index is 0.400. The van der Waals surface area contributed by atoms with E-state index in [1.807, 2.05) is 18.5 Å². The second kappa shape index (κ2) is 6.45. The molecule has 1 aliphatic carbocycles. The van der Waals surface area contributed by atoms with E-state index in [4.69, 9.17) is 0 Å². The second-order valence-electron chi connectivity index (χ2n) is 7.20. The number of pyridine rings is 1. The lowest BCUT2D eigenvalue weighted by Crippen LogP contribution is -2.58. The van der Waals surface area contributed by atoms with Crippen LogP contribution in [0.15, 0.2) is 24.5 Å². The van der Waals surface area contributed by atoms with Crippen LogP contribution in [0.4, 0.5) is 0 Å². The van der Waals surface area contributed by atoms with Crippen LogP contribution in [0.5, 0.6) is 0 Å². The van der Waals surface area contributed by atoms with E-state index in [9.17, 15) is 0 Å². The standard InChI is InChI=1S/C18H29N3/c1-13(2)21-11-16-6-4-7-17(12-21)18(16)20-14(3)15-8-5-9-19-10-15/h5,8-10,13-14,16-18,20H,4,6-7,11-12H2,1-3H3. The highest BCUT2D eigenvalue weighted by molar-refractivity contribution is 5.13. The van der Waals surface area contributed by atoms with Gasteiger partial charge in [-0.05, 0) is 57.1 Å². The first-order chi connectivity index (χ1) is 10.1. The molecule has 0 radical (unpaired) electrons. The molecule has 3 nitrogen and oxygen atoms in total. The first-order valence-electron chi connectivity index (χ1n) is 8.55. The maximum atomic E-state index is 4.26. The highest BCUT2D eigenvalue weighted by Gasteiger charge is 2.40. The molecule has 116 valence electrons. The van der Waals surface area contributed by atoms with Crippen LogP contribution in [0.2, 0.25) is 0 Å². The molecule has 1 saturated carbocycles. The van der Waals surface area contributed by atoms with Gasteiger partial charge >= 0.3 is 0 Å². The van der Waals surface area contributed by atoms with Crippen LogP contribution in [0.3, 0.4) is 0 Å². The number of piperidine rings is 1. The van der Waals surface area contributed by atoms with Gasteiger partial charge in [0.1, 0.15) is 0 Å². The van der Waals surface area contributed by atoms with E-state index in [0.717, 1.165) is 11.8 Å². The summed E-state index contributed by atoms with van der Waals surface area (Å²) >= 11 is 0. The zero-order chi connectivity index (χ0) is 14.8. The number of rotatable bonds is 4. The number of aromatic nitrogens is 1. The van der Waals surface area contributed by atoms with Crippen molar-refractivity contribution in [3.05, 3.63) is 30.1 Å². The van der Waals surface area contributed by atoms with Gasteiger partial charge in [-0.3, -0.25) is 4.98 Å². The van der Waals surface area contributed by atoms with Gasteiger partial charge in [-0.15, -0.1) is 0 Å². The Morgan fingerprint density at radius 3 is 2.48 bits per heavy atom. The third-order valence-electron chi connectivity index (χ3n) is 5.46. The number of nitrogens with one attached hydrogen (secondary N) is 1. The lowest BCUT2D eigenvalue weighted by Gasteiger charge is -2.49. The predicted octanol–water partition coefficient (Wildman–Crippen LogP) is 3.24.